The first-order valence-corrected chi connectivity index (χ1v) is 20.3. The van der Waals surface area contributed by atoms with Crippen molar-refractivity contribution in [3.63, 3.8) is 0 Å². The van der Waals surface area contributed by atoms with Crippen LogP contribution in [0, 0.1) is 0 Å². The zero-order valence-electron chi connectivity index (χ0n) is 34.2. The second-order valence-electron chi connectivity index (χ2n) is 16.8. The van der Waals surface area contributed by atoms with E-state index in [4.69, 9.17) is 28.4 Å². The van der Waals surface area contributed by atoms with E-state index in [9.17, 15) is 5.11 Å². The summed E-state index contributed by atoms with van der Waals surface area (Å²) in [7, 11) is 0. The van der Waals surface area contributed by atoms with Gasteiger partial charge in [-0.25, -0.2) is 0 Å². The Morgan fingerprint density at radius 1 is 0.600 bits per heavy atom. The van der Waals surface area contributed by atoms with Crippen LogP contribution in [0.5, 0.6) is 23.0 Å². The summed E-state index contributed by atoms with van der Waals surface area (Å²) in [5.74, 6) is 3.26. The molecule has 0 aliphatic carbocycles. The van der Waals surface area contributed by atoms with Crippen molar-refractivity contribution in [2.45, 2.75) is 128 Å². The van der Waals surface area contributed by atoms with Crippen LogP contribution in [-0.4, -0.2) is 61.0 Å². The van der Waals surface area contributed by atoms with Gasteiger partial charge in [0, 0.05) is 17.3 Å². The molecule has 7 heteroatoms. The molecule has 0 saturated carbocycles. The first kappa shape index (κ1) is 40.6. The summed E-state index contributed by atoms with van der Waals surface area (Å²) in [6.07, 6.45) is 3.63. The number of hydrogen-bond acceptors (Lipinski definition) is 7. The molecule has 1 N–H and O–H groups in total. The van der Waals surface area contributed by atoms with E-state index in [1.165, 1.54) is 22.3 Å². The van der Waals surface area contributed by atoms with Crippen LogP contribution in [-0.2, 0) is 20.3 Å². The van der Waals surface area contributed by atoms with Gasteiger partial charge in [-0.2, -0.15) is 0 Å². The molecule has 0 radical (unpaired) electrons. The molecule has 0 amide bonds. The summed E-state index contributed by atoms with van der Waals surface area (Å²) in [4.78, 5) is 0. The monoisotopic (exact) mass is 750 g/mol. The Balaban J connectivity index is 1.03. The molecule has 5 unspecified atom stereocenters. The number of benzene rings is 4. The van der Waals surface area contributed by atoms with Crippen molar-refractivity contribution in [2.24, 2.45) is 0 Å². The van der Waals surface area contributed by atoms with Gasteiger partial charge in [-0.05, 0) is 97.0 Å². The van der Waals surface area contributed by atoms with Crippen LogP contribution in [0.1, 0.15) is 110 Å². The van der Waals surface area contributed by atoms with Crippen LogP contribution in [0.2, 0.25) is 0 Å². The fourth-order valence-electron chi connectivity index (χ4n) is 7.51. The average molecular weight is 751 g/mol. The average Bonchev–Trinajstić information content (AvgIpc) is 4.12. The van der Waals surface area contributed by atoms with Crippen molar-refractivity contribution in [1.82, 2.24) is 0 Å². The lowest BCUT2D eigenvalue weighted by Crippen LogP contribution is -2.40. The fourth-order valence-corrected chi connectivity index (χ4v) is 7.51. The molecule has 2 aliphatic rings. The first-order valence-electron chi connectivity index (χ1n) is 20.3. The van der Waals surface area contributed by atoms with E-state index < -0.39 is 11.7 Å². The third-order valence-electron chi connectivity index (χ3n) is 11.9. The molecule has 4 aromatic carbocycles. The topological polar surface area (TPSA) is 82.2 Å². The molecule has 5 atom stereocenters. The summed E-state index contributed by atoms with van der Waals surface area (Å²) >= 11 is 0. The maximum Gasteiger partial charge on any atom is 0.134 e. The maximum atomic E-state index is 11.3. The van der Waals surface area contributed by atoms with E-state index in [0.29, 0.717) is 13.0 Å². The first-order chi connectivity index (χ1) is 26.3. The molecule has 7 nitrogen and oxygen atoms in total. The predicted octanol–water partition coefficient (Wildman–Crippen LogP) is 10.2. The van der Waals surface area contributed by atoms with Crippen LogP contribution in [0.25, 0.3) is 0 Å². The summed E-state index contributed by atoms with van der Waals surface area (Å²) < 4.78 is 35.9. The fraction of sp³-hybridized carbons (Fsp3) is 0.500. The van der Waals surface area contributed by atoms with Gasteiger partial charge in [0.2, 0.25) is 0 Å². The molecule has 2 heterocycles. The molecule has 2 saturated heterocycles. The smallest absolute Gasteiger partial charge is 0.134 e. The normalized spacial score (nSPS) is 19.4. The number of hydrogen-bond donors (Lipinski definition) is 1. The second-order valence-corrected chi connectivity index (χ2v) is 16.8. The highest BCUT2D eigenvalue weighted by molar-refractivity contribution is 5.43. The lowest BCUT2D eigenvalue weighted by molar-refractivity contribution is -0.0132. The Kier molecular flexibility index (Phi) is 12.5. The highest BCUT2D eigenvalue weighted by Gasteiger charge is 2.44. The minimum absolute atomic E-state index is 0.167. The van der Waals surface area contributed by atoms with Gasteiger partial charge >= 0.3 is 0 Å². The Bertz CT molecular complexity index is 1790. The molecular weight excluding hydrogens is 689 g/mol. The van der Waals surface area contributed by atoms with E-state index in [0.717, 1.165) is 61.9 Å². The van der Waals surface area contributed by atoms with Crippen LogP contribution in [0.3, 0.4) is 0 Å². The van der Waals surface area contributed by atoms with E-state index in [-0.39, 0.29) is 35.2 Å². The Morgan fingerprint density at radius 3 is 1.44 bits per heavy atom. The molecule has 0 aromatic heterocycles. The summed E-state index contributed by atoms with van der Waals surface area (Å²) in [5, 5.41) is 11.3. The quantitative estimate of drug-likeness (QED) is 0.0849. The molecule has 6 rings (SSSR count). The Hall–Kier alpha value is -4.04. The Morgan fingerprint density at radius 2 is 1.04 bits per heavy atom. The maximum absolute atomic E-state index is 11.3. The molecule has 0 bridgehead atoms. The van der Waals surface area contributed by atoms with Crippen molar-refractivity contribution < 1.29 is 33.5 Å². The Labute approximate surface area is 329 Å². The highest BCUT2D eigenvalue weighted by atomic mass is 16.6. The molecule has 55 heavy (non-hydrogen) atoms. The van der Waals surface area contributed by atoms with Gasteiger partial charge in [0.1, 0.15) is 59.6 Å². The number of epoxide rings is 2. The van der Waals surface area contributed by atoms with E-state index >= 15 is 0 Å². The minimum atomic E-state index is -0.689. The molecule has 296 valence electrons. The molecule has 2 aliphatic heterocycles. The minimum Gasteiger partial charge on any atom is -0.491 e. The number of ether oxygens (including phenoxy) is 6. The standard InChI is InChI=1S/C48H62O7/c1-9-28-48(11-3,55-42-26-18-37(19-27-42)46(6,7)35-14-22-40(23-15-35)51-31-43-32-52-43)29-38(49)30-50-39-20-12-34(13-21-39)45(4,5)36-16-24-41(25-17-36)54-47(8,10-2)44-33-53-44/h12-27,38,43-44,49H,9-11,28-33H2,1-8H3. The van der Waals surface area contributed by atoms with Gasteiger partial charge in [0.15, 0.2) is 0 Å². The zero-order chi connectivity index (χ0) is 39.3. The van der Waals surface area contributed by atoms with Crippen LogP contribution in [0.15, 0.2) is 97.1 Å². The summed E-state index contributed by atoms with van der Waals surface area (Å²) in [6, 6.07) is 33.4. The van der Waals surface area contributed by atoms with Gasteiger partial charge in [0.25, 0.3) is 0 Å². The lowest BCUT2D eigenvalue weighted by Gasteiger charge is -2.35. The molecule has 0 spiro atoms. The van der Waals surface area contributed by atoms with Gasteiger partial charge in [0.05, 0.1) is 19.3 Å². The summed E-state index contributed by atoms with van der Waals surface area (Å²) in [6.45, 7) is 19.8. The third-order valence-corrected chi connectivity index (χ3v) is 11.9. The molecular formula is C48H62O7. The summed E-state index contributed by atoms with van der Waals surface area (Å²) in [5.41, 5.74) is 3.55. The highest BCUT2D eigenvalue weighted by Crippen LogP contribution is 2.38. The van der Waals surface area contributed by atoms with E-state index in [1.54, 1.807) is 0 Å². The largest absolute Gasteiger partial charge is 0.491 e. The van der Waals surface area contributed by atoms with Crippen molar-refractivity contribution in [3.8, 4) is 23.0 Å². The van der Waals surface area contributed by atoms with E-state index in [2.05, 4.69) is 128 Å². The second kappa shape index (κ2) is 17.0. The van der Waals surface area contributed by atoms with Crippen LogP contribution < -0.4 is 18.9 Å². The lowest BCUT2D eigenvalue weighted by atomic mass is 9.78. The van der Waals surface area contributed by atoms with Crippen LogP contribution in [0.4, 0.5) is 0 Å². The van der Waals surface area contributed by atoms with Gasteiger partial charge < -0.3 is 33.5 Å². The zero-order valence-corrected chi connectivity index (χ0v) is 34.2. The number of aliphatic hydroxyl groups excluding tert-OH is 1. The number of rotatable bonds is 21. The third kappa shape index (κ3) is 10.0. The molecule has 2 fully saturated rings. The van der Waals surface area contributed by atoms with Gasteiger partial charge in [-0.1, -0.05) is 103 Å². The van der Waals surface area contributed by atoms with Crippen molar-refractivity contribution >= 4 is 0 Å². The van der Waals surface area contributed by atoms with Crippen molar-refractivity contribution in [3.05, 3.63) is 119 Å². The van der Waals surface area contributed by atoms with Crippen molar-refractivity contribution in [1.29, 1.82) is 0 Å². The van der Waals surface area contributed by atoms with Crippen LogP contribution >= 0.6 is 0 Å². The van der Waals surface area contributed by atoms with Gasteiger partial charge in [-0.3, -0.25) is 0 Å². The van der Waals surface area contributed by atoms with E-state index in [1.807, 2.05) is 24.3 Å². The van der Waals surface area contributed by atoms with Gasteiger partial charge in [-0.15, -0.1) is 0 Å². The predicted molar refractivity (Wildman–Crippen MR) is 219 cm³/mol. The van der Waals surface area contributed by atoms with Crippen molar-refractivity contribution in [2.75, 3.05) is 26.4 Å². The molecule has 4 aromatic rings. The number of aliphatic hydroxyl groups is 1. The SMILES string of the molecule is CCCC(CC)(CC(O)COc1ccc(C(C)(C)c2ccc(OC(C)(CC)C3CO3)cc2)cc1)Oc1ccc(C(C)(C)c2ccc(OCC3CO3)cc2)cc1.